The highest BCUT2D eigenvalue weighted by Crippen LogP contribution is 2.31. The molecule has 0 heterocycles. The molecule has 3 N–H and O–H groups in total. The van der Waals surface area contributed by atoms with Crippen LogP contribution >= 0.6 is 15.9 Å². The molecule has 2 aromatic rings. The molecule has 0 atom stereocenters. The summed E-state index contributed by atoms with van der Waals surface area (Å²) in [7, 11) is -2.29. The maximum absolute atomic E-state index is 13.2. The maximum Gasteiger partial charge on any atom is 0.240 e. The standard InChI is InChI=1S/C13H12BrFN2O3S/c1-17-21(18,19)9-3-5-12(16)13(7-9)20-8-2-4-11(15)10(14)6-8/h2-7,17H,16H2,1H3. The molecule has 0 saturated heterocycles. The Labute approximate surface area is 130 Å². The predicted molar refractivity (Wildman–Crippen MR) is 81.3 cm³/mol. The monoisotopic (exact) mass is 374 g/mol. The Hall–Kier alpha value is -1.64. The molecule has 0 aliphatic carbocycles. The van der Waals surface area contributed by atoms with Crippen molar-refractivity contribution in [2.75, 3.05) is 12.8 Å². The first-order valence-corrected chi connectivity index (χ1v) is 8.07. The number of sulfonamides is 1. The summed E-state index contributed by atoms with van der Waals surface area (Å²) in [4.78, 5) is 0.0235. The van der Waals surface area contributed by atoms with Gasteiger partial charge in [-0.05, 0) is 53.3 Å². The minimum atomic E-state index is -3.60. The molecule has 0 amide bonds. The van der Waals surface area contributed by atoms with Gasteiger partial charge in [0.2, 0.25) is 10.0 Å². The third-order valence-electron chi connectivity index (χ3n) is 2.68. The topological polar surface area (TPSA) is 81.4 Å². The van der Waals surface area contributed by atoms with Gasteiger partial charge in [0.15, 0.2) is 5.75 Å². The van der Waals surface area contributed by atoms with Crippen LogP contribution in [0.15, 0.2) is 45.8 Å². The molecule has 8 heteroatoms. The lowest BCUT2D eigenvalue weighted by Gasteiger charge is -2.11. The van der Waals surface area contributed by atoms with E-state index < -0.39 is 15.8 Å². The first-order valence-electron chi connectivity index (χ1n) is 5.79. The van der Waals surface area contributed by atoms with Gasteiger partial charge in [0.05, 0.1) is 15.1 Å². The number of rotatable bonds is 4. The molecule has 5 nitrogen and oxygen atoms in total. The summed E-state index contributed by atoms with van der Waals surface area (Å²) >= 11 is 3.04. The SMILES string of the molecule is CNS(=O)(=O)c1ccc(N)c(Oc2ccc(F)c(Br)c2)c1. The number of nitrogens with two attached hydrogens (primary N) is 1. The Bertz CT molecular complexity index is 781. The molecule has 0 saturated carbocycles. The van der Waals surface area contributed by atoms with Crippen LogP contribution in [0, 0.1) is 5.82 Å². The van der Waals surface area contributed by atoms with Crippen LogP contribution in [0.4, 0.5) is 10.1 Å². The van der Waals surface area contributed by atoms with Crippen LogP contribution in [0.1, 0.15) is 0 Å². The van der Waals surface area contributed by atoms with Crippen LogP contribution in [-0.4, -0.2) is 15.5 Å². The number of halogens is 2. The third-order valence-corrected chi connectivity index (χ3v) is 4.70. The minimum absolute atomic E-state index is 0.0235. The fourth-order valence-corrected chi connectivity index (χ4v) is 2.66. The quantitative estimate of drug-likeness (QED) is 0.806. The zero-order chi connectivity index (χ0) is 15.6. The van der Waals surface area contributed by atoms with Crippen molar-refractivity contribution < 1.29 is 17.5 Å². The first-order chi connectivity index (χ1) is 9.83. The van der Waals surface area contributed by atoms with Gasteiger partial charge in [-0.2, -0.15) is 0 Å². The fourth-order valence-electron chi connectivity index (χ4n) is 1.56. The van der Waals surface area contributed by atoms with Gasteiger partial charge in [0, 0.05) is 6.07 Å². The second kappa shape index (κ2) is 6.00. The van der Waals surface area contributed by atoms with E-state index in [0.717, 1.165) is 0 Å². The van der Waals surface area contributed by atoms with E-state index in [1.165, 1.54) is 43.4 Å². The van der Waals surface area contributed by atoms with Crippen molar-refractivity contribution in [3.63, 3.8) is 0 Å². The van der Waals surface area contributed by atoms with Gasteiger partial charge >= 0.3 is 0 Å². The first kappa shape index (κ1) is 15.7. The van der Waals surface area contributed by atoms with E-state index in [-0.39, 0.29) is 20.8 Å². The second-order valence-electron chi connectivity index (χ2n) is 4.09. The molecule has 0 fully saturated rings. The molecule has 0 aromatic heterocycles. The van der Waals surface area contributed by atoms with Crippen molar-refractivity contribution in [3.8, 4) is 11.5 Å². The fraction of sp³-hybridized carbons (Fsp3) is 0.0769. The van der Waals surface area contributed by atoms with E-state index in [0.29, 0.717) is 5.75 Å². The molecule has 2 rings (SSSR count). The normalized spacial score (nSPS) is 11.4. The third kappa shape index (κ3) is 3.52. The minimum Gasteiger partial charge on any atom is -0.455 e. The Kier molecular flexibility index (Phi) is 4.50. The van der Waals surface area contributed by atoms with E-state index >= 15 is 0 Å². The van der Waals surface area contributed by atoms with Crippen LogP contribution < -0.4 is 15.2 Å². The van der Waals surface area contributed by atoms with Gasteiger partial charge in [-0.25, -0.2) is 17.5 Å². The number of nitrogens with one attached hydrogen (secondary N) is 1. The Balaban J connectivity index is 2.39. The van der Waals surface area contributed by atoms with E-state index in [9.17, 15) is 12.8 Å². The van der Waals surface area contributed by atoms with E-state index in [1.807, 2.05) is 0 Å². The van der Waals surface area contributed by atoms with E-state index in [1.54, 1.807) is 0 Å². The molecule has 0 radical (unpaired) electrons. The second-order valence-corrected chi connectivity index (χ2v) is 6.83. The van der Waals surface area contributed by atoms with E-state index in [2.05, 4.69) is 20.7 Å². The molecule has 0 spiro atoms. The summed E-state index contributed by atoms with van der Waals surface area (Å²) in [6.07, 6.45) is 0. The van der Waals surface area contributed by atoms with Gasteiger partial charge in [-0.15, -0.1) is 0 Å². The van der Waals surface area contributed by atoms with Crippen molar-refractivity contribution in [3.05, 3.63) is 46.7 Å². The zero-order valence-electron chi connectivity index (χ0n) is 10.9. The number of hydrogen-bond donors (Lipinski definition) is 2. The highest BCUT2D eigenvalue weighted by atomic mass is 79.9. The van der Waals surface area contributed by atoms with E-state index in [4.69, 9.17) is 10.5 Å². The average Bonchev–Trinajstić information content (AvgIpc) is 2.45. The largest absolute Gasteiger partial charge is 0.455 e. The summed E-state index contributed by atoms with van der Waals surface area (Å²) in [5.41, 5.74) is 6.03. The van der Waals surface area contributed by atoms with Crippen LogP contribution in [0.3, 0.4) is 0 Å². The lowest BCUT2D eigenvalue weighted by molar-refractivity contribution is 0.480. The highest BCUT2D eigenvalue weighted by Gasteiger charge is 2.14. The smallest absolute Gasteiger partial charge is 0.240 e. The number of benzene rings is 2. The van der Waals surface area contributed by atoms with Crippen LogP contribution in [0.2, 0.25) is 0 Å². The van der Waals surface area contributed by atoms with Gasteiger partial charge in [0.1, 0.15) is 11.6 Å². The Morgan fingerprint density at radius 1 is 1.24 bits per heavy atom. The van der Waals surface area contributed by atoms with Gasteiger partial charge in [-0.3, -0.25) is 0 Å². The number of nitrogen functional groups attached to an aromatic ring is 1. The van der Waals surface area contributed by atoms with Crippen LogP contribution in [-0.2, 0) is 10.0 Å². The summed E-state index contributed by atoms with van der Waals surface area (Å²) in [6, 6.07) is 8.17. The summed E-state index contributed by atoms with van der Waals surface area (Å²) < 4.78 is 44.6. The summed E-state index contributed by atoms with van der Waals surface area (Å²) in [6.45, 7) is 0. The highest BCUT2D eigenvalue weighted by molar-refractivity contribution is 9.10. The van der Waals surface area contributed by atoms with Crippen molar-refractivity contribution in [1.82, 2.24) is 4.72 Å². The molecular weight excluding hydrogens is 363 g/mol. The lowest BCUT2D eigenvalue weighted by atomic mass is 10.3. The Morgan fingerprint density at radius 3 is 2.57 bits per heavy atom. The summed E-state index contributed by atoms with van der Waals surface area (Å²) in [5, 5.41) is 0. The van der Waals surface area contributed by atoms with Crippen molar-refractivity contribution in [2.45, 2.75) is 4.90 Å². The molecular formula is C13H12BrFN2O3S. The van der Waals surface area contributed by atoms with Crippen LogP contribution in [0.25, 0.3) is 0 Å². The summed E-state index contributed by atoms with van der Waals surface area (Å²) in [5.74, 6) is 0.0700. The average molecular weight is 375 g/mol. The molecule has 0 aliphatic rings. The molecule has 0 bridgehead atoms. The molecule has 21 heavy (non-hydrogen) atoms. The van der Waals surface area contributed by atoms with Crippen molar-refractivity contribution in [2.24, 2.45) is 0 Å². The van der Waals surface area contributed by atoms with Crippen molar-refractivity contribution >= 4 is 31.6 Å². The maximum atomic E-state index is 13.2. The molecule has 2 aromatic carbocycles. The van der Waals surface area contributed by atoms with Gasteiger partial charge in [0.25, 0.3) is 0 Å². The molecule has 0 aliphatic heterocycles. The van der Waals surface area contributed by atoms with Gasteiger partial charge < -0.3 is 10.5 Å². The van der Waals surface area contributed by atoms with Gasteiger partial charge in [-0.1, -0.05) is 0 Å². The number of anilines is 1. The lowest BCUT2D eigenvalue weighted by Crippen LogP contribution is -2.18. The number of hydrogen-bond acceptors (Lipinski definition) is 4. The predicted octanol–water partition coefficient (Wildman–Crippen LogP) is 2.87. The zero-order valence-corrected chi connectivity index (χ0v) is 13.3. The van der Waals surface area contributed by atoms with Crippen LogP contribution in [0.5, 0.6) is 11.5 Å². The van der Waals surface area contributed by atoms with Crippen molar-refractivity contribution in [1.29, 1.82) is 0 Å². The molecule has 112 valence electrons. The number of ether oxygens (including phenoxy) is 1. The molecule has 0 unspecified atom stereocenters. The Morgan fingerprint density at radius 2 is 1.95 bits per heavy atom.